The summed E-state index contributed by atoms with van der Waals surface area (Å²) in [5.41, 5.74) is 2.02. The molecule has 1 aliphatic rings. The van der Waals surface area contributed by atoms with Crippen molar-refractivity contribution >= 4 is 45.0 Å². The van der Waals surface area contributed by atoms with Crippen molar-refractivity contribution in [2.75, 3.05) is 43.0 Å². The highest BCUT2D eigenvalue weighted by Crippen LogP contribution is 2.33. The lowest BCUT2D eigenvalue weighted by Crippen LogP contribution is -2.37. The van der Waals surface area contributed by atoms with E-state index in [2.05, 4.69) is 35.5 Å². The Kier molecular flexibility index (Phi) is 8.18. The second kappa shape index (κ2) is 11.0. The third-order valence-electron chi connectivity index (χ3n) is 6.12. The second-order valence-electron chi connectivity index (χ2n) is 9.75. The van der Waals surface area contributed by atoms with Crippen molar-refractivity contribution in [1.29, 1.82) is 0 Å². The number of ether oxygens (including phenoxy) is 2. The zero-order valence-electron chi connectivity index (χ0n) is 21.2. The van der Waals surface area contributed by atoms with Crippen LogP contribution >= 0.6 is 23.2 Å². The fourth-order valence-electron chi connectivity index (χ4n) is 3.92. The third kappa shape index (κ3) is 6.46. The predicted octanol–water partition coefficient (Wildman–Crippen LogP) is 5.32. The summed E-state index contributed by atoms with van der Waals surface area (Å²) in [6, 6.07) is 12.1. The lowest BCUT2D eigenvalue weighted by molar-refractivity contribution is 0.122. The molecule has 2 heterocycles. The van der Waals surface area contributed by atoms with Crippen molar-refractivity contribution in [2.45, 2.75) is 37.5 Å². The normalized spacial score (nSPS) is 14.5. The van der Waals surface area contributed by atoms with Crippen LogP contribution in [0.25, 0.3) is 0 Å². The van der Waals surface area contributed by atoms with Gasteiger partial charge in [0.2, 0.25) is 5.95 Å². The molecule has 1 aliphatic heterocycles. The molecule has 0 amide bonds. The molecule has 4 rings (SSSR count). The number of morpholine rings is 1. The molecule has 0 spiro atoms. The maximum Gasteiger partial charge on any atom is 0.263 e. The van der Waals surface area contributed by atoms with E-state index in [1.165, 1.54) is 0 Å². The second-order valence-corrected chi connectivity index (χ2v) is 12.2. The monoisotopic (exact) mass is 564 g/mol. The Bertz CT molecular complexity index is 1370. The number of halogens is 2. The van der Waals surface area contributed by atoms with E-state index in [9.17, 15) is 8.42 Å². The average Bonchev–Trinajstić information content (AvgIpc) is 2.87. The van der Waals surface area contributed by atoms with Crippen LogP contribution in [0.2, 0.25) is 10.2 Å². The quantitative estimate of drug-likeness (QED) is 0.388. The standard InChI is InChI=1S/C26H30Cl2N4O4S/c1-26(2,3)18-5-8-20(9-6-18)37(33,34)31-24-21(16-17-15-19(35-4)7-10-22(17)27)23(28)29-25(30-24)32-11-13-36-14-12-32/h5-10,15H,11-14,16H2,1-4H3,(H,29,30,31). The van der Waals surface area contributed by atoms with Crippen LogP contribution in [0.1, 0.15) is 37.5 Å². The van der Waals surface area contributed by atoms with Crippen LogP contribution in [0, 0.1) is 0 Å². The Balaban J connectivity index is 1.75. The minimum Gasteiger partial charge on any atom is -0.497 e. The molecule has 1 aromatic heterocycles. The lowest BCUT2D eigenvalue weighted by Gasteiger charge is -2.27. The van der Waals surface area contributed by atoms with Gasteiger partial charge in [0.05, 0.1) is 25.2 Å². The molecule has 198 valence electrons. The molecule has 0 bridgehead atoms. The zero-order valence-corrected chi connectivity index (χ0v) is 23.5. The summed E-state index contributed by atoms with van der Waals surface area (Å²) in [5.74, 6) is 1.04. The fourth-order valence-corrected chi connectivity index (χ4v) is 5.37. The molecule has 11 heteroatoms. The van der Waals surface area contributed by atoms with Crippen molar-refractivity contribution in [3.8, 4) is 5.75 Å². The molecule has 8 nitrogen and oxygen atoms in total. The van der Waals surface area contributed by atoms with E-state index in [0.29, 0.717) is 54.2 Å². The Labute approximate surface area is 228 Å². The van der Waals surface area contributed by atoms with Crippen LogP contribution in [-0.2, 0) is 26.6 Å². The summed E-state index contributed by atoms with van der Waals surface area (Å²) in [7, 11) is -2.42. The average molecular weight is 566 g/mol. The van der Waals surface area contributed by atoms with E-state index in [4.69, 9.17) is 32.7 Å². The molecule has 3 aromatic rings. The van der Waals surface area contributed by atoms with Gasteiger partial charge in [-0.1, -0.05) is 56.1 Å². The third-order valence-corrected chi connectivity index (χ3v) is 8.16. The Morgan fingerprint density at radius 2 is 1.73 bits per heavy atom. The van der Waals surface area contributed by atoms with Gasteiger partial charge in [-0.2, -0.15) is 4.98 Å². The van der Waals surface area contributed by atoms with Gasteiger partial charge < -0.3 is 14.4 Å². The summed E-state index contributed by atoms with van der Waals surface area (Å²) < 4.78 is 40.3. The number of hydrogen-bond donors (Lipinski definition) is 1. The first-order valence-electron chi connectivity index (χ1n) is 11.8. The smallest absolute Gasteiger partial charge is 0.263 e. The SMILES string of the molecule is COc1ccc(Cl)c(Cc2c(Cl)nc(N3CCOCC3)nc2NS(=O)(=O)c2ccc(C(C)(C)C)cc2)c1. The number of anilines is 2. The summed E-state index contributed by atoms with van der Waals surface area (Å²) in [6.07, 6.45) is 0.194. The van der Waals surface area contributed by atoms with Crippen molar-refractivity contribution in [1.82, 2.24) is 9.97 Å². The van der Waals surface area contributed by atoms with Gasteiger partial charge in [-0.3, -0.25) is 4.72 Å². The molecule has 0 unspecified atom stereocenters. The molecular formula is C26H30Cl2N4O4S. The molecule has 2 aromatic carbocycles. The minimum absolute atomic E-state index is 0.0975. The highest BCUT2D eigenvalue weighted by atomic mass is 35.5. The first kappa shape index (κ1) is 27.4. The van der Waals surface area contributed by atoms with E-state index < -0.39 is 10.0 Å². The van der Waals surface area contributed by atoms with Crippen molar-refractivity contribution in [3.63, 3.8) is 0 Å². The van der Waals surface area contributed by atoms with Crippen LogP contribution in [0.5, 0.6) is 5.75 Å². The van der Waals surface area contributed by atoms with Gasteiger partial charge >= 0.3 is 0 Å². The van der Waals surface area contributed by atoms with Gasteiger partial charge in [0.15, 0.2) is 0 Å². The summed E-state index contributed by atoms with van der Waals surface area (Å²) >= 11 is 13.1. The number of nitrogens with one attached hydrogen (secondary N) is 1. The molecule has 0 saturated carbocycles. The first-order valence-corrected chi connectivity index (χ1v) is 14.1. The van der Waals surface area contributed by atoms with Crippen LogP contribution < -0.4 is 14.4 Å². The fraction of sp³-hybridized carbons (Fsp3) is 0.385. The van der Waals surface area contributed by atoms with Crippen molar-refractivity contribution < 1.29 is 17.9 Å². The molecule has 1 fully saturated rings. The Hall–Kier alpha value is -2.59. The predicted molar refractivity (Wildman–Crippen MR) is 147 cm³/mol. The topological polar surface area (TPSA) is 93.7 Å². The van der Waals surface area contributed by atoms with Gasteiger partial charge in [0, 0.05) is 30.1 Å². The number of hydrogen-bond acceptors (Lipinski definition) is 7. The zero-order chi connectivity index (χ0) is 26.8. The molecule has 1 saturated heterocycles. The Morgan fingerprint density at radius 3 is 2.35 bits per heavy atom. The number of nitrogens with zero attached hydrogens (tertiary/aromatic N) is 3. The highest BCUT2D eigenvalue weighted by Gasteiger charge is 2.24. The molecule has 0 aliphatic carbocycles. The van der Waals surface area contributed by atoms with Gasteiger partial charge in [-0.25, -0.2) is 13.4 Å². The maximum atomic E-state index is 13.4. The molecular weight excluding hydrogens is 535 g/mol. The van der Waals surface area contributed by atoms with Crippen LogP contribution in [-0.4, -0.2) is 51.8 Å². The van der Waals surface area contributed by atoms with Gasteiger partial charge in [-0.05, 0) is 46.9 Å². The number of benzene rings is 2. The molecule has 1 N–H and O–H groups in total. The van der Waals surface area contributed by atoms with Gasteiger partial charge in [0.1, 0.15) is 16.7 Å². The number of sulfonamides is 1. The van der Waals surface area contributed by atoms with Crippen LogP contribution in [0.3, 0.4) is 0 Å². The Morgan fingerprint density at radius 1 is 1.05 bits per heavy atom. The summed E-state index contributed by atoms with van der Waals surface area (Å²) in [5, 5.41) is 0.622. The van der Waals surface area contributed by atoms with E-state index in [-0.39, 0.29) is 27.7 Å². The largest absolute Gasteiger partial charge is 0.497 e. The lowest BCUT2D eigenvalue weighted by atomic mass is 9.87. The van der Waals surface area contributed by atoms with Crippen molar-refractivity contribution in [2.24, 2.45) is 0 Å². The molecule has 0 atom stereocenters. The van der Waals surface area contributed by atoms with Crippen molar-refractivity contribution in [3.05, 3.63) is 69.3 Å². The van der Waals surface area contributed by atoms with Crippen LogP contribution in [0.4, 0.5) is 11.8 Å². The highest BCUT2D eigenvalue weighted by molar-refractivity contribution is 7.92. The number of methoxy groups -OCH3 is 1. The molecule has 37 heavy (non-hydrogen) atoms. The number of aromatic nitrogens is 2. The van der Waals surface area contributed by atoms with Crippen LogP contribution in [0.15, 0.2) is 47.4 Å². The van der Waals surface area contributed by atoms with E-state index >= 15 is 0 Å². The first-order chi connectivity index (χ1) is 17.5. The summed E-state index contributed by atoms with van der Waals surface area (Å²) in [4.78, 5) is 11.1. The maximum absolute atomic E-state index is 13.4. The molecule has 0 radical (unpaired) electrons. The van der Waals surface area contributed by atoms with Gasteiger partial charge in [-0.15, -0.1) is 0 Å². The number of rotatable bonds is 7. The van der Waals surface area contributed by atoms with E-state index in [1.54, 1.807) is 37.4 Å². The minimum atomic E-state index is -3.98. The van der Waals surface area contributed by atoms with E-state index in [1.807, 2.05) is 17.0 Å². The van der Waals surface area contributed by atoms with E-state index in [0.717, 1.165) is 5.56 Å². The van der Waals surface area contributed by atoms with Gasteiger partial charge in [0.25, 0.3) is 10.0 Å². The summed E-state index contributed by atoms with van der Waals surface area (Å²) in [6.45, 7) is 8.38.